The number of carbonyl (C=O) groups excluding carboxylic acids is 1. The number of rotatable bonds is 2. The monoisotopic (exact) mass is 288 g/mol. The summed E-state index contributed by atoms with van der Waals surface area (Å²) in [6, 6.07) is 2.01. The van der Waals surface area contributed by atoms with Crippen molar-refractivity contribution < 1.29 is 9.21 Å². The first-order valence-electron chi connectivity index (χ1n) is 7.29. The van der Waals surface area contributed by atoms with Crippen LogP contribution in [0, 0.1) is 20.8 Å². The normalized spacial score (nSPS) is 19.0. The van der Waals surface area contributed by atoms with Gasteiger partial charge in [-0.1, -0.05) is 0 Å². The van der Waals surface area contributed by atoms with Crippen LogP contribution in [0.25, 0.3) is 0 Å². The van der Waals surface area contributed by atoms with Crippen LogP contribution in [-0.4, -0.2) is 38.7 Å². The Kier molecular flexibility index (Phi) is 3.53. The molecule has 3 rings (SSSR count). The smallest absolute Gasteiger partial charge is 0.289 e. The van der Waals surface area contributed by atoms with E-state index in [1.165, 1.54) is 0 Å². The van der Waals surface area contributed by atoms with Crippen molar-refractivity contribution >= 4 is 5.91 Å². The Hall–Kier alpha value is -2.11. The molecule has 1 fully saturated rings. The lowest BCUT2D eigenvalue weighted by atomic mass is 10.1. The maximum Gasteiger partial charge on any atom is 0.289 e. The number of aryl methyl sites for hydroxylation is 3. The molecule has 3 heterocycles. The third-order valence-corrected chi connectivity index (χ3v) is 3.99. The number of furan rings is 1. The van der Waals surface area contributed by atoms with Gasteiger partial charge in [-0.3, -0.25) is 4.79 Å². The lowest BCUT2D eigenvalue weighted by Gasteiger charge is -2.32. The third kappa shape index (κ3) is 2.57. The van der Waals surface area contributed by atoms with Crippen molar-refractivity contribution in [3.63, 3.8) is 0 Å². The van der Waals surface area contributed by atoms with E-state index >= 15 is 0 Å². The molecular weight excluding hydrogens is 268 g/mol. The van der Waals surface area contributed by atoms with Crippen LogP contribution in [0.4, 0.5) is 0 Å². The Morgan fingerprint density at radius 2 is 2.19 bits per heavy atom. The summed E-state index contributed by atoms with van der Waals surface area (Å²) in [6.07, 6.45) is 3.55. The highest BCUT2D eigenvalue weighted by molar-refractivity contribution is 5.92. The number of hydrogen-bond donors (Lipinski definition) is 0. The summed E-state index contributed by atoms with van der Waals surface area (Å²) in [6.45, 7) is 7.16. The van der Waals surface area contributed by atoms with E-state index in [0.29, 0.717) is 12.3 Å². The highest BCUT2D eigenvalue weighted by Crippen LogP contribution is 2.24. The van der Waals surface area contributed by atoms with Gasteiger partial charge in [-0.15, -0.1) is 0 Å². The molecule has 0 spiro atoms. The Bertz CT molecular complexity index is 658. The molecule has 0 saturated carbocycles. The molecule has 1 aliphatic heterocycles. The van der Waals surface area contributed by atoms with Crippen molar-refractivity contribution in [2.24, 2.45) is 0 Å². The van der Waals surface area contributed by atoms with Gasteiger partial charge in [0.25, 0.3) is 5.91 Å². The average Bonchev–Trinajstić information content (AvgIpc) is 3.03. The van der Waals surface area contributed by atoms with Crippen LogP contribution in [0.15, 0.2) is 16.7 Å². The Morgan fingerprint density at radius 3 is 2.81 bits per heavy atom. The predicted molar refractivity (Wildman–Crippen MR) is 77.1 cm³/mol. The molecule has 2 aromatic rings. The predicted octanol–water partition coefficient (Wildman–Crippen LogP) is 2.27. The number of piperidine rings is 1. The van der Waals surface area contributed by atoms with Crippen LogP contribution in [0.2, 0.25) is 0 Å². The molecule has 1 saturated heterocycles. The number of hydrogen-bond acceptors (Lipinski definition) is 4. The topological polar surface area (TPSA) is 64.2 Å². The summed E-state index contributed by atoms with van der Waals surface area (Å²) < 4.78 is 7.27. The third-order valence-electron chi connectivity index (χ3n) is 3.99. The Morgan fingerprint density at radius 1 is 1.38 bits per heavy atom. The number of amides is 1. The van der Waals surface area contributed by atoms with Gasteiger partial charge < -0.3 is 9.32 Å². The van der Waals surface area contributed by atoms with Crippen LogP contribution in [0.1, 0.15) is 46.7 Å². The van der Waals surface area contributed by atoms with Gasteiger partial charge in [0, 0.05) is 18.7 Å². The lowest BCUT2D eigenvalue weighted by molar-refractivity contribution is 0.0638. The molecule has 0 aliphatic carbocycles. The van der Waals surface area contributed by atoms with Crippen LogP contribution < -0.4 is 0 Å². The standard InChI is InChI=1S/C15H20N4O2/c1-10-6-8-21-14(10)15(20)18-7-4-5-13(9-18)19-12(3)16-11(2)17-19/h6,8,13H,4-5,7,9H2,1-3H3. The second-order valence-electron chi connectivity index (χ2n) is 5.63. The molecule has 1 atom stereocenters. The van der Waals surface area contributed by atoms with Gasteiger partial charge in [-0.05, 0) is 39.7 Å². The van der Waals surface area contributed by atoms with E-state index < -0.39 is 0 Å². The van der Waals surface area contributed by atoms with E-state index in [1.54, 1.807) is 6.26 Å². The van der Waals surface area contributed by atoms with Crippen molar-refractivity contribution in [1.82, 2.24) is 19.7 Å². The van der Waals surface area contributed by atoms with E-state index in [0.717, 1.165) is 36.6 Å². The van der Waals surface area contributed by atoms with Gasteiger partial charge in [-0.25, -0.2) is 9.67 Å². The molecule has 21 heavy (non-hydrogen) atoms. The minimum Gasteiger partial charge on any atom is -0.459 e. The molecule has 6 nitrogen and oxygen atoms in total. The molecule has 1 aliphatic rings. The fourth-order valence-corrected chi connectivity index (χ4v) is 2.96. The lowest BCUT2D eigenvalue weighted by Crippen LogP contribution is -2.41. The van der Waals surface area contributed by atoms with E-state index in [-0.39, 0.29) is 11.9 Å². The zero-order valence-corrected chi connectivity index (χ0v) is 12.7. The summed E-state index contributed by atoms with van der Waals surface area (Å²) >= 11 is 0. The molecule has 0 N–H and O–H groups in total. The molecule has 112 valence electrons. The summed E-state index contributed by atoms with van der Waals surface area (Å²) in [5, 5.41) is 4.45. The minimum absolute atomic E-state index is 0.0308. The van der Waals surface area contributed by atoms with Gasteiger partial charge >= 0.3 is 0 Å². The minimum atomic E-state index is -0.0308. The highest BCUT2D eigenvalue weighted by atomic mass is 16.3. The van der Waals surface area contributed by atoms with Crippen molar-refractivity contribution in [2.75, 3.05) is 13.1 Å². The first-order chi connectivity index (χ1) is 10.1. The Labute approximate surface area is 123 Å². The first-order valence-corrected chi connectivity index (χ1v) is 7.29. The molecule has 1 unspecified atom stereocenters. The molecular formula is C15H20N4O2. The Balaban J connectivity index is 1.79. The molecule has 2 aromatic heterocycles. The molecule has 1 amide bonds. The van der Waals surface area contributed by atoms with E-state index in [1.807, 2.05) is 36.4 Å². The SMILES string of the molecule is Cc1nc(C)n(C2CCCN(C(=O)c3occc3C)C2)n1. The van der Waals surface area contributed by atoms with Gasteiger partial charge in [-0.2, -0.15) is 5.10 Å². The number of aromatic nitrogens is 3. The maximum atomic E-state index is 12.5. The number of likely N-dealkylation sites (tertiary alicyclic amines) is 1. The fourth-order valence-electron chi connectivity index (χ4n) is 2.96. The zero-order valence-electron chi connectivity index (χ0n) is 12.7. The molecule has 0 radical (unpaired) electrons. The second kappa shape index (κ2) is 5.35. The largest absolute Gasteiger partial charge is 0.459 e. The van der Waals surface area contributed by atoms with E-state index in [9.17, 15) is 4.79 Å². The number of carbonyl (C=O) groups is 1. The first kappa shape index (κ1) is 13.9. The summed E-state index contributed by atoms with van der Waals surface area (Å²) in [7, 11) is 0. The fraction of sp³-hybridized carbons (Fsp3) is 0.533. The quantitative estimate of drug-likeness (QED) is 0.850. The summed E-state index contributed by atoms with van der Waals surface area (Å²) in [5.74, 6) is 2.10. The second-order valence-corrected chi connectivity index (χ2v) is 5.63. The van der Waals surface area contributed by atoms with Crippen LogP contribution in [-0.2, 0) is 0 Å². The molecule has 6 heteroatoms. The molecule has 0 bridgehead atoms. The van der Waals surface area contributed by atoms with Gasteiger partial charge in [0.1, 0.15) is 11.6 Å². The van der Waals surface area contributed by atoms with Gasteiger partial charge in [0.05, 0.1) is 12.3 Å². The molecule has 0 aromatic carbocycles. The van der Waals surface area contributed by atoms with Crippen molar-refractivity contribution in [3.05, 3.63) is 35.3 Å². The highest BCUT2D eigenvalue weighted by Gasteiger charge is 2.29. The average molecular weight is 288 g/mol. The van der Waals surface area contributed by atoms with E-state index in [4.69, 9.17) is 4.42 Å². The zero-order chi connectivity index (χ0) is 15.0. The van der Waals surface area contributed by atoms with Crippen molar-refractivity contribution in [2.45, 2.75) is 39.7 Å². The van der Waals surface area contributed by atoms with Crippen LogP contribution >= 0.6 is 0 Å². The van der Waals surface area contributed by atoms with Gasteiger partial charge in [0.15, 0.2) is 5.76 Å². The summed E-state index contributed by atoms with van der Waals surface area (Å²) in [4.78, 5) is 18.7. The van der Waals surface area contributed by atoms with E-state index in [2.05, 4.69) is 10.1 Å². The van der Waals surface area contributed by atoms with Gasteiger partial charge in [0.2, 0.25) is 0 Å². The number of nitrogens with zero attached hydrogens (tertiary/aromatic N) is 4. The summed E-state index contributed by atoms with van der Waals surface area (Å²) in [5.41, 5.74) is 0.884. The van der Waals surface area contributed by atoms with Crippen molar-refractivity contribution in [3.8, 4) is 0 Å². The van der Waals surface area contributed by atoms with Crippen LogP contribution in [0.5, 0.6) is 0 Å². The van der Waals surface area contributed by atoms with Crippen LogP contribution in [0.3, 0.4) is 0 Å². The maximum absolute atomic E-state index is 12.5. The van der Waals surface area contributed by atoms with Crippen molar-refractivity contribution in [1.29, 1.82) is 0 Å².